The molecule has 0 aromatic heterocycles. The highest BCUT2D eigenvalue weighted by atomic mass is 127. The van der Waals surface area contributed by atoms with Crippen molar-refractivity contribution in [1.29, 1.82) is 0 Å². The van der Waals surface area contributed by atoms with Crippen LogP contribution in [0.3, 0.4) is 0 Å². The zero-order chi connectivity index (χ0) is 17.9. The molecular weight excluding hydrogens is 417 g/mol. The van der Waals surface area contributed by atoms with Gasteiger partial charge in [-0.2, -0.15) is 0 Å². The molecule has 0 saturated heterocycles. The van der Waals surface area contributed by atoms with E-state index >= 15 is 0 Å². The van der Waals surface area contributed by atoms with Crippen LogP contribution in [0.5, 0.6) is 0 Å². The third-order valence-corrected chi connectivity index (χ3v) is 2.87. The molecule has 1 unspecified atom stereocenters. The number of rotatable bonds is 8. The first-order valence-electron chi connectivity index (χ1n) is 7.22. The Labute approximate surface area is 150 Å². The van der Waals surface area contributed by atoms with E-state index in [1.54, 1.807) is 39.8 Å². The molecule has 0 rings (SSSR count). The SMILES string of the molecule is CCOC(=O)C(C/C=C\COC(=O)CI)NC(=O)OC(C)(C)C. The highest BCUT2D eigenvalue weighted by molar-refractivity contribution is 14.1. The second kappa shape index (κ2) is 11.3. The summed E-state index contributed by atoms with van der Waals surface area (Å²) >= 11 is 1.91. The average molecular weight is 441 g/mol. The summed E-state index contributed by atoms with van der Waals surface area (Å²) in [7, 11) is 0. The van der Waals surface area contributed by atoms with E-state index in [9.17, 15) is 14.4 Å². The fourth-order valence-corrected chi connectivity index (χ4v) is 1.61. The number of hydrogen-bond donors (Lipinski definition) is 1. The maximum Gasteiger partial charge on any atom is 0.408 e. The fraction of sp³-hybridized carbons (Fsp3) is 0.667. The number of carbonyl (C=O) groups excluding carboxylic acids is 3. The fourth-order valence-electron chi connectivity index (χ4n) is 1.39. The van der Waals surface area contributed by atoms with Gasteiger partial charge >= 0.3 is 18.0 Å². The van der Waals surface area contributed by atoms with Crippen LogP contribution in [0.25, 0.3) is 0 Å². The molecule has 23 heavy (non-hydrogen) atoms. The quantitative estimate of drug-likeness (QED) is 0.205. The van der Waals surface area contributed by atoms with Crippen LogP contribution in [-0.4, -0.2) is 47.3 Å². The smallest absolute Gasteiger partial charge is 0.408 e. The molecule has 1 amide bonds. The minimum atomic E-state index is -0.860. The van der Waals surface area contributed by atoms with Crippen LogP contribution in [0.1, 0.15) is 34.1 Å². The maximum atomic E-state index is 11.8. The summed E-state index contributed by atoms with van der Waals surface area (Å²) in [6.45, 7) is 7.20. The van der Waals surface area contributed by atoms with Crippen LogP contribution in [0.2, 0.25) is 0 Å². The van der Waals surface area contributed by atoms with Crippen molar-refractivity contribution in [3.8, 4) is 0 Å². The van der Waals surface area contributed by atoms with Crippen molar-refractivity contribution in [1.82, 2.24) is 5.32 Å². The monoisotopic (exact) mass is 441 g/mol. The van der Waals surface area contributed by atoms with Gasteiger partial charge in [0.25, 0.3) is 0 Å². The van der Waals surface area contributed by atoms with E-state index in [4.69, 9.17) is 14.2 Å². The molecule has 1 N–H and O–H groups in total. The lowest BCUT2D eigenvalue weighted by Gasteiger charge is -2.22. The van der Waals surface area contributed by atoms with E-state index in [-0.39, 0.29) is 30.0 Å². The number of hydrogen-bond acceptors (Lipinski definition) is 6. The van der Waals surface area contributed by atoms with Gasteiger partial charge in [-0.3, -0.25) is 4.79 Å². The second-order valence-corrected chi connectivity index (χ2v) is 6.24. The zero-order valence-corrected chi connectivity index (χ0v) is 16.0. The summed E-state index contributed by atoms with van der Waals surface area (Å²) < 4.78 is 15.2. The van der Waals surface area contributed by atoms with Crippen molar-refractivity contribution in [2.45, 2.75) is 45.8 Å². The Kier molecular flexibility index (Phi) is 10.6. The highest BCUT2D eigenvalue weighted by Crippen LogP contribution is 2.08. The Morgan fingerprint density at radius 1 is 1.17 bits per heavy atom. The summed E-state index contributed by atoms with van der Waals surface area (Å²) in [5.74, 6) is -0.865. The molecule has 0 bridgehead atoms. The van der Waals surface area contributed by atoms with Gasteiger partial charge in [0.1, 0.15) is 18.2 Å². The minimum absolute atomic E-state index is 0.115. The van der Waals surface area contributed by atoms with Gasteiger partial charge in [-0.15, -0.1) is 0 Å². The second-order valence-electron chi connectivity index (χ2n) is 5.47. The number of carbonyl (C=O) groups is 3. The molecule has 0 fully saturated rings. The molecule has 0 saturated carbocycles. The van der Waals surface area contributed by atoms with Crippen molar-refractivity contribution in [2.75, 3.05) is 17.6 Å². The lowest BCUT2D eigenvalue weighted by molar-refractivity contribution is -0.145. The molecule has 8 heteroatoms. The van der Waals surface area contributed by atoms with Crippen LogP contribution in [0.15, 0.2) is 12.2 Å². The van der Waals surface area contributed by atoms with Gasteiger partial charge in [-0.05, 0) is 34.1 Å². The van der Waals surface area contributed by atoms with Gasteiger partial charge in [0.2, 0.25) is 0 Å². The van der Waals surface area contributed by atoms with Crippen molar-refractivity contribution in [3.63, 3.8) is 0 Å². The van der Waals surface area contributed by atoms with Gasteiger partial charge in [0.05, 0.1) is 11.0 Å². The first-order valence-corrected chi connectivity index (χ1v) is 8.75. The molecule has 0 spiro atoms. The molecule has 0 aromatic rings. The Balaban J connectivity index is 4.52. The Bertz CT molecular complexity index is 430. The van der Waals surface area contributed by atoms with Gasteiger partial charge < -0.3 is 19.5 Å². The third-order valence-electron chi connectivity index (χ3n) is 2.25. The predicted molar refractivity (Wildman–Crippen MR) is 93.4 cm³/mol. The molecular formula is C15H24INO6. The summed E-state index contributed by atoms with van der Waals surface area (Å²) in [5.41, 5.74) is -0.660. The summed E-state index contributed by atoms with van der Waals surface area (Å²) in [4.78, 5) is 34.6. The zero-order valence-electron chi connectivity index (χ0n) is 13.9. The maximum absolute atomic E-state index is 11.8. The molecule has 0 aliphatic carbocycles. The number of alkyl halides is 1. The van der Waals surface area contributed by atoms with Gasteiger partial charge in [-0.25, -0.2) is 9.59 Å². The van der Waals surface area contributed by atoms with E-state index < -0.39 is 23.7 Å². The Hall–Kier alpha value is -1.32. The molecule has 0 aliphatic rings. The standard InChI is InChI=1S/C15H24INO6/c1-5-21-13(19)11(17-14(20)23-15(2,3)4)8-6-7-9-22-12(18)10-16/h6-7,11H,5,8-10H2,1-4H3,(H,17,20)/b7-6-. The lowest BCUT2D eigenvalue weighted by Crippen LogP contribution is -2.44. The number of halogens is 1. The molecule has 0 radical (unpaired) electrons. The molecule has 7 nitrogen and oxygen atoms in total. The molecule has 0 heterocycles. The number of ether oxygens (including phenoxy) is 3. The van der Waals surface area contributed by atoms with E-state index in [0.29, 0.717) is 0 Å². The predicted octanol–water partition coefficient (Wildman–Crippen LogP) is 2.37. The van der Waals surface area contributed by atoms with Crippen LogP contribution in [0.4, 0.5) is 4.79 Å². The van der Waals surface area contributed by atoms with Crippen molar-refractivity contribution in [3.05, 3.63) is 12.2 Å². The summed E-state index contributed by atoms with van der Waals surface area (Å²) in [5, 5.41) is 2.47. The Morgan fingerprint density at radius 2 is 1.83 bits per heavy atom. The van der Waals surface area contributed by atoms with Gasteiger partial charge in [0.15, 0.2) is 0 Å². The topological polar surface area (TPSA) is 90.9 Å². The third kappa shape index (κ3) is 11.8. The highest BCUT2D eigenvalue weighted by Gasteiger charge is 2.24. The molecule has 132 valence electrons. The largest absolute Gasteiger partial charge is 0.464 e. The van der Waals surface area contributed by atoms with Crippen molar-refractivity contribution < 1.29 is 28.6 Å². The number of esters is 2. The molecule has 0 aromatic carbocycles. The molecule has 0 aliphatic heterocycles. The summed E-state index contributed by atoms with van der Waals surface area (Å²) in [6, 6.07) is -0.860. The van der Waals surface area contributed by atoms with Crippen LogP contribution < -0.4 is 5.32 Å². The normalized spacial score (nSPS) is 12.6. The summed E-state index contributed by atoms with van der Waals surface area (Å²) in [6.07, 6.45) is 2.76. The minimum Gasteiger partial charge on any atom is -0.464 e. The average Bonchev–Trinajstić information content (AvgIpc) is 2.43. The lowest BCUT2D eigenvalue weighted by atomic mass is 10.2. The number of amides is 1. The van der Waals surface area contributed by atoms with Crippen molar-refractivity contribution >= 4 is 40.6 Å². The van der Waals surface area contributed by atoms with Gasteiger partial charge in [-0.1, -0.05) is 34.7 Å². The van der Waals surface area contributed by atoms with E-state index in [0.717, 1.165) is 0 Å². The Morgan fingerprint density at radius 3 is 2.35 bits per heavy atom. The first kappa shape index (κ1) is 21.7. The molecule has 1 atom stereocenters. The van der Waals surface area contributed by atoms with Crippen LogP contribution in [0, 0.1) is 0 Å². The number of alkyl carbamates (subject to hydrolysis) is 1. The van der Waals surface area contributed by atoms with Crippen LogP contribution in [-0.2, 0) is 23.8 Å². The van der Waals surface area contributed by atoms with Gasteiger partial charge in [0, 0.05) is 0 Å². The number of nitrogens with one attached hydrogen (secondary N) is 1. The van der Waals surface area contributed by atoms with Crippen LogP contribution >= 0.6 is 22.6 Å². The first-order chi connectivity index (χ1) is 10.7. The van der Waals surface area contributed by atoms with Crippen molar-refractivity contribution in [2.24, 2.45) is 0 Å². The van der Waals surface area contributed by atoms with E-state index in [1.807, 2.05) is 22.6 Å². The van der Waals surface area contributed by atoms with E-state index in [1.165, 1.54) is 0 Å². The van der Waals surface area contributed by atoms with E-state index in [2.05, 4.69) is 5.32 Å².